The van der Waals surface area contributed by atoms with E-state index < -0.39 is 0 Å². The molecule has 0 fully saturated rings. The molecule has 1 heterocycles. The largest absolute Gasteiger partial charge is 0.345 e. The molecule has 2 N–H and O–H groups in total. The summed E-state index contributed by atoms with van der Waals surface area (Å²) < 4.78 is 0.831. The van der Waals surface area contributed by atoms with Gasteiger partial charge in [0.1, 0.15) is 4.34 Å². The van der Waals surface area contributed by atoms with Crippen LogP contribution in [0.15, 0.2) is 30.3 Å². The fraction of sp³-hybridized carbons (Fsp3) is 0.200. The molecule has 4 nitrogen and oxygen atoms in total. The quantitative estimate of drug-likeness (QED) is 0.846. The summed E-state index contributed by atoms with van der Waals surface area (Å²) in [6.07, 6.45) is 0. The maximum absolute atomic E-state index is 12.2. The third-order valence-corrected chi connectivity index (χ3v) is 4.44. The van der Waals surface area contributed by atoms with E-state index in [1.54, 1.807) is 12.1 Å². The molecule has 2 aromatic rings. The molecule has 1 aromatic heterocycles. The fourth-order valence-corrected chi connectivity index (χ4v) is 3.40. The highest BCUT2D eigenvalue weighted by Gasteiger charge is 2.17. The van der Waals surface area contributed by atoms with Crippen LogP contribution in [0.4, 0.5) is 5.69 Å². The summed E-state index contributed by atoms with van der Waals surface area (Å²) in [5, 5.41) is 5.57. The SMILES string of the molecule is CC(=O)Nc1cccc(C(C)NC(=O)c2cc(Cl)sc2Cl)c1. The van der Waals surface area contributed by atoms with Gasteiger partial charge in [-0.2, -0.15) is 0 Å². The molecular weight excluding hydrogens is 343 g/mol. The molecule has 0 aliphatic carbocycles. The first-order chi connectivity index (χ1) is 10.4. The lowest BCUT2D eigenvalue weighted by Gasteiger charge is -2.15. The summed E-state index contributed by atoms with van der Waals surface area (Å²) in [5.74, 6) is -0.431. The molecule has 1 unspecified atom stereocenters. The number of amides is 2. The summed E-state index contributed by atoms with van der Waals surface area (Å²) >= 11 is 13.0. The van der Waals surface area contributed by atoms with Crippen molar-refractivity contribution in [2.75, 3.05) is 5.32 Å². The van der Waals surface area contributed by atoms with Crippen LogP contribution in [-0.4, -0.2) is 11.8 Å². The number of carbonyl (C=O) groups excluding carboxylic acids is 2. The standard InChI is InChI=1S/C15H14Cl2N2O2S/c1-8(10-4-3-5-11(6-10)19-9(2)20)18-15(21)12-7-13(16)22-14(12)17/h3-8H,1-2H3,(H,18,21)(H,19,20). The Balaban J connectivity index is 2.11. The van der Waals surface area contributed by atoms with Crippen molar-refractivity contribution in [1.82, 2.24) is 5.32 Å². The summed E-state index contributed by atoms with van der Waals surface area (Å²) in [6.45, 7) is 3.30. The van der Waals surface area contributed by atoms with Gasteiger partial charge < -0.3 is 10.6 Å². The van der Waals surface area contributed by atoms with Crippen LogP contribution in [0.2, 0.25) is 8.67 Å². The number of anilines is 1. The number of nitrogens with one attached hydrogen (secondary N) is 2. The second kappa shape index (κ2) is 7.13. The van der Waals surface area contributed by atoms with E-state index in [1.807, 2.05) is 25.1 Å². The zero-order valence-electron chi connectivity index (χ0n) is 11.9. The van der Waals surface area contributed by atoms with Gasteiger partial charge in [0.25, 0.3) is 5.91 Å². The van der Waals surface area contributed by atoms with Gasteiger partial charge in [0.2, 0.25) is 5.91 Å². The highest BCUT2D eigenvalue weighted by molar-refractivity contribution is 7.20. The third-order valence-electron chi connectivity index (χ3n) is 2.96. The van der Waals surface area contributed by atoms with Crippen LogP contribution in [-0.2, 0) is 4.79 Å². The monoisotopic (exact) mass is 356 g/mol. The maximum Gasteiger partial charge on any atom is 0.254 e. The van der Waals surface area contributed by atoms with Crippen molar-refractivity contribution in [3.8, 4) is 0 Å². The fourth-order valence-electron chi connectivity index (χ4n) is 1.94. The Bertz CT molecular complexity index is 715. The predicted molar refractivity (Wildman–Crippen MR) is 91.0 cm³/mol. The van der Waals surface area contributed by atoms with E-state index in [0.29, 0.717) is 19.9 Å². The summed E-state index contributed by atoms with van der Waals surface area (Å²) in [4.78, 5) is 23.3. The van der Waals surface area contributed by atoms with Gasteiger partial charge in [-0.1, -0.05) is 35.3 Å². The molecule has 0 saturated heterocycles. The van der Waals surface area contributed by atoms with Crippen molar-refractivity contribution in [1.29, 1.82) is 0 Å². The van der Waals surface area contributed by atoms with Crippen molar-refractivity contribution in [3.05, 3.63) is 50.1 Å². The Labute approximate surface area is 142 Å². The smallest absolute Gasteiger partial charge is 0.254 e. The Morgan fingerprint density at radius 1 is 1.23 bits per heavy atom. The lowest BCUT2D eigenvalue weighted by molar-refractivity contribution is -0.114. The minimum atomic E-state index is -0.286. The number of benzene rings is 1. The second-order valence-electron chi connectivity index (χ2n) is 4.74. The van der Waals surface area contributed by atoms with Crippen molar-refractivity contribution in [3.63, 3.8) is 0 Å². The molecule has 1 atom stereocenters. The number of hydrogen-bond acceptors (Lipinski definition) is 3. The van der Waals surface area contributed by atoms with E-state index >= 15 is 0 Å². The van der Waals surface area contributed by atoms with Crippen LogP contribution in [0.25, 0.3) is 0 Å². The van der Waals surface area contributed by atoms with Gasteiger partial charge in [-0.15, -0.1) is 11.3 Å². The van der Waals surface area contributed by atoms with Crippen molar-refractivity contribution >= 4 is 52.0 Å². The molecule has 0 aliphatic heterocycles. The van der Waals surface area contributed by atoms with Gasteiger partial charge in [0, 0.05) is 12.6 Å². The molecule has 2 amide bonds. The molecule has 22 heavy (non-hydrogen) atoms. The summed E-state index contributed by atoms with van der Waals surface area (Å²) in [7, 11) is 0. The van der Waals surface area contributed by atoms with E-state index in [2.05, 4.69) is 10.6 Å². The molecule has 0 bridgehead atoms. The third kappa shape index (κ3) is 4.22. The van der Waals surface area contributed by atoms with Crippen LogP contribution >= 0.6 is 34.5 Å². The number of carbonyl (C=O) groups is 2. The van der Waals surface area contributed by atoms with Crippen molar-refractivity contribution < 1.29 is 9.59 Å². The molecular formula is C15H14Cl2N2O2S. The van der Waals surface area contributed by atoms with E-state index in [9.17, 15) is 9.59 Å². The first-order valence-corrected chi connectivity index (χ1v) is 8.07. The molecule has 7 heteroatoms. The van der Waals surface area contributed by atoms with Gasteiger partial charge in [-0.3, -0.25) is 9.59 Å². The highest BCUT2D eigenvalue weighted by Crippen LogP contribution is 2.31. The first kappa shape index (κ1) is 16.8. The Morgan fingerprint density at radius 3 is 2.55 bits per heavy atom. The molecule has 116 valence electrons. The lowest BCUT2D eigenvalue weighted by atomic mass is 10.1. The Morgan fingerprint density at radius 2 is 1.95 bits per heavy atom. The first-order valence-electron chi connectivity index (χ1n) is 6.50. The van der Waals surface area contributed by atoms with Gasteiger partial charge in [-0.05, 0) is 30.7 Å². The molecule has 2 rings (SSSR count). The molecule has 0 radical (unpaired) electrons. The summed E-state index contributed by atoms with van der Waals surface area (Å²) in [6, 6.07) is 8.60. The lowest BCUT2D eigenvalue weighted by Crippen LogP contribution is -2.26. The van der Waals surface area contributed by atoms with Crippen molar-refractivity contribution in [2.24, 2.45) is 0 Å². The molecule has 0 saturated carbocycles. The Kier molecular flexibility index (Phi) is 5.45. The van der Waals surface area contributed by atoms with Crippen LogP contribution in [0.3, 0.4) is 0 Å². The minimum absolute atomic E-state index is 0.145. The molecule has 0 aliphatic rings. The molecule has 1 aromatic carbocycles. The average molecular weight is 357 g/mol. The van der Waals surface area contributed by atoms with E-state index in [0.717, 1.165) is 16.9 Å². The van der Waals surface area contributed by atoms with Crippen LogP contribution in [0.1, 0.15) is 35.8 Å². The van der Waals surface area contributed by atoms with E-state index in [-0.39, 0.29) is 17.9 Å². The second-order valence-corrected chi connectivity index (χ2v) is 7.03. The zero-order valence-corrected chi connectivity index (χ0v) is 14.3. The van der Waals surface area contributed by atoms with Gasteiger partial charge in [-0.25, -0.2) is 0 Å². The van der Waals surface area contributed by atoms with Gasteiger partial charge in [0.05, 0.1) is 15.9 Å². The molecule has 0 spiro atoms. The number of halogens is 2. The van der Waals surface area contributed by atoms with Gasteiger partial charge in [0.15, 0.2) is 0 Å². The highest BCUT2D eigenvalue weighted by atomic mass is 35.5. The number of rotatable bonds is 4. The van der Waals surface area contributed by atoms with Crippen LogP contribution in [0.5, 0.6) is 0 Å². The predicted octanol–water partition coefficient (Wildman–Crippen LogP) is 4.50. The van der Waals surface area contributed by atoms with Crippen LogP contribution < -0.4 is 10.6 Å². The number of thiophene rings is 1. The zero-order chi connectivity index (χ0) is 16.3. The Hall–Kier alpha value is -1.56. The summed E-state index contributed by atoms with van der Waals surface area (Å²) in [5.41, 5.74) is 1.92. The van der Waals surface area contributed by atoms with E-state index in [4.69, 9.17) is 23.2 Å². The van der Waals surface area contributed by atoms with E-state index in [1.165, 1.54) is 6.92 Å². The van der Waals surface area contributed by atoms with Crippen molar-refractivity contribution in [2.45, 2.75) is 19.9 Å². The topological polar surface area (TPSA) is 58.2 Å². The van der Waals surface area contributed by atoms with Crippen LogP contribution in [0, 0.1) is 0 Å². The van der Waals surface area contributed by atoms with Gasteiger partial charge >= 0.3 is 0 Å². The minimum Gasteiger partial charge on any atom is -0.345 e. The number of hydrogen-bond donors (Lipinski definition) is 2. The average Bonchev–Trinajstić information content (AvgIpc) is 2.77. The normalized spacial score (nSPS) is 11.8. The maximum atomic E-state index is 12.2.